The summed E-state index contributed by atoms with van der Waals surface area (Å²) in [6.45, 7) is 4.32. The average Bonchev–Trinajstić information content (AvgIpc) is 2.54. The van der Waals surface area contributed by atoms with Crippen molar-refractivity contribution in [3.8, 4) is 5.75 Å². The van der Waals surface area contributed by atoms with Crippen molar-refractivity contribution in [1.29, 1.82) is 0 Å². The first-order valence-electron chi connectivity index (χ1n) is 7.12. The molecule has 1 aliphatic rings. The Labute approximate surface area is 130 Å². The standard InChI is InChI=1S/C14H21N3O4S/c1-3-22(19,20)15-13-10-12(4-5-14(13)21-2)17-8-6-16(11-18)7-9-17/h4-5,10-11,15H,3,6-9H2,1-2H3. The van der Waals surface area contributed by atoms with E-state index >= 15 is 0 Å². The van der Waals surface area contributed by atoms with Gasteiger partial charge in [-0.15, -0.1) is 0 Å². The smallest absolute Gasteiger partial charge is 0.232 e. The van der Waals surface area contributed by atoms with Crippen LogP contribution in [0.25, 0.3) is 0 Å². The summed E-state index contributed by atoms with van der Waals surface area (Å²) >= 11 is 0. The summed E-state index contributed by atoms with van der Waals surface area (Å²) in [7, 11) is -1.87. The third-order valence-corrected chi connectivity index (χ3v) is 4.95. The lowest BCUT2D eigenvalue weighted by molar-refractivity contribution is -0.118. The van der Waals surface area contributed by atoms with E-state index in [1.165, 1.54) is 7.11 Å². The lowest BCUT2D eigenvalue weighted by atomic mass is 10.2. The van der Waals surface area contributed by atoms with Crippen LogP contribution in [0.5, 0.6) is 5.75 Å². The quantitative estimate of drug-likeness (QED) is 0.780. The zero-order valence-corrected chi connectivity index (χ0v) is 13.6. The van der Waals surface area contributed by atoms with E-state index in [9.17, 15) is 13.2 Å². The van der Waals surface area contributed by atoms with Crippen molar-refractivity contribution in [1.82, 2.24) is 4.90 Å². The fourth-order valence-corrected chi connectivity index (χ4v) is 2.94. The number of hydrogen-bond donors (Lipinski definition) is 1. The van der Waals surface area contributed by atoms with Gasteiger partial charge in [-0.05, 0) is 25.1 Å². The summed E-state index contributed by atoms with van der Waals surface area (Å²) in [6, 6.07) is 5.40. The van der Waals surface area contributed by atoms with Crippen LogP contribution < -0.4 is 14.4 Å². The molecule has 122 valence electrons. The van der Waals surface area contributed by atoms with Crippen molar-refractivity contribution < 1.29 is 17.9 Å². The number of ether oxygens (including phenoxy) is 1. The van der Waals surface area contributed by atoms with Crippen molar-refractivity contribution in [2.24, 2.45) is 0 Å². The Morgan fingerprint density at radius 2 is 1.95 bits per heavy atom. The molecule has 0 atom stereocenters. The number of carbonyl (C=O) groups is 1. The van der Waals surface area contributed by atoms with Crippen LogP contribution in [0.4, 0.5) is 11.4 Å². The third kappa shape index (κ3) is 3.82. The maximum absolute atomic E-state index is 11.8. The van der Waals surface area contributed by atoms with Crippen molar-refractivity contribution in [2.45, 2.75) is 6.92 Å². The first-order chi connectivity index (χ1) is 10.5. The first kappa shape index (κ1) is 16.4. The van der Waals surface area contributed by atoms with E-state index in [1.54, 1.807) is 24.0 Å². The molecule has 1 aliphatic heterocycles. The van der Waals surface area contributed by atoms with Gasteiger partial charge < -0.3 is 14.5 Å². The Balaban J connectivity index is 2.22. The van der Waals surface area contributed by atoms with E-state index in [0.717, 1.165) is 12.1 Å². The highest BCUT2D eigenvalue weighted by atomic mass is 32.2. The van der Waals surface area contributed by atoms with Gasteiger partial charge in [0.1, 0.15) is 5.75 Å². The molecule has 2 rings (SSSR count). The van der Waals surface area contributed by atoms with Crippen LogP contribution in [0.3, 0.4) is 0 Å². The topological polar surface area (TPSA) is 79.0 Å². The molecule has 0 saturated carbocycles. The zero-order valence-electron chi connectivity index (χ0n) is 12.8. The Kier molecular flexibility index (Phi) is 5.12. The van der Waals surface area contributed by atoms with Crippen molar-refractivity contribution in [2.75, 3.05) is 48.7 Å². The first-order valence-corrected chi connectivity index (χ1v) is 8.77. The van der Waals surface area contributed by atoms with Gasteiger partial charge in [-0.25, -0.2) is 8.42 Å². The van der Waals surface area contributed by atoms with Gasteiger partial charge in [0.15, 0.2) is 0 Å². The molecule has 22 heavy (non-hydrogen) atoms. The van der Waals surface area contributed by atoms with E-state index in [2.05, 4.69) is 9.62 Å². The highest BCUT2D eigenvalue weighted by Gasteiger charge is 2.18. The maximum atomic E-state index is 11.8. The summed E-state index contributed by atoms with van der Waals surface area (Å²) < 4.78 is 31.3. The van der Waals surface area contributed by atoms with Crippen molar-refractivity contribution in [3.63, 3.8) is 0 Å². The SMILES string of the molecule is CCS(=O)(=O)Nc1cc(N2CCN(C=O)CC2)ccc1OC. The van der Waals surface area contributed by atoms with Crippen LogP contribution in [0.2, 0.25) is 0 Å². The van der Waals surface area contributed by atoms with Gasteiger partial charge >= 0.3 is 0 Å². The Bertz CT molecular complexity index is 625. The molecule has 1 fully saturated rings. The van der Waals surface area contributed by atoms with Crippen molar-refractivity contribution >= 4 is 27.8 Å². The van der Waals surface area contributed by atoms with Gasteiger partial charge in [-0.2, -0.15) is 0 Å². The largest absolute Gasteiger partial charge is 0.495 e. The summed E-state index contributed by atoms with van der Waals surface area (Å²) in [6.07, 6.45) is 0.853. The minimum absolute atomic E-state index is 0.00160. The molecule has 8 heteroatoms. The molecule has 0 bridgehead atoms. The van der Waals surface area contributed by atoms with Crippen LogP contribution in [0, 0.1) is 0 Å². The molecule has 1 aromatic carbocycles. The van der Waals surface area contributed by atoms with Crippen LogP contribution >= 0.6 is 0 Å². The Morgan fingerprint density at radius 1 is 1.27 bits per heavy atom. The van der Waals surface area contributed by atoms with Crippen LogP contribution in [0.15, 0.2) is 18.2 Å². The number of rotatable bonds is 6. The van der Waals surface area contributed by atoms with E-state index in [4.69, 9.17) is 4.74 Å². The fourth-order valence-electron chi connectivity index (χ4n) is 2.30. The molecular formula is C14H21N3O4S. The van der Waals surface area contributed by atoms with Gasteiger partial charge in [0, 0.05) is 31.9 Å². The highest BCUT2D eigenvalue weighted by molar-refractivity contribution is 7.92. The number of piperazine rings is 1. The molecule has 0 aromatic heterocycles. The van der Waals surface area contributed by atoms with Crippen LogP contribution in [-0.4, -0.2) is 58.8 Å². The fraction of sp³-hybridized carbons (Fsp3) is 0.500. The van der Waals surface area contributed by atoms with Gasteiger partial charge in [0.2, 0.25) is 16.4 Å². The second kappa shape index (κ2) is 6.87. The molecule has 0 radical (unpaired) electrons. The second-order valence-corrected chi connectivity index (χ2v) is 7.03. The number of nitrogens with one attached hydrogen (secondary N) is 1. The number of hydrogen-bond acceptors (Lipinski definition) is 5. The predicted molar refractivity (Wildman–Crippen MR) is 85.9 cm³/mol. The molecule has 1 aromatic rings. The molecule has 0 spiro atoms. The van der Waals surface area contributed by atoms with E-state index in [0.29, 0.717) is 37.6 Å². The number of benzene rings is 1. The molecule has 1 amide bonds. The van der Waals surface area contributed by atoms with Crippen LogP contribution in [-0.2, 0) is 14.8 Å². The van der Waals surface area contributed by atoms with Gasteiger partial charge in [0.25, 0.3) is 0 Å². The van der Waals surface area contributed by atoms with E-state index < -0.39 is 10.0 Å². The van der Waals surface area contributed by atoms with E-state index in [-0.39, 0.29) is 5.75 Å². The van der Waals surface area contributed by atoms with Crippen molar-refractivity contribution in [3.05, 3.63) is 18.2 Å². The predicted octanol–water partition coefficient (Wildman–Crippen LogP) is 0.735. The molecular weight excluding hydrogens is 306 g/mol. The monoisotopic (exact) mass is 327 g/mol. The van der Waals surface area contributed by atoms with Gasteiger partial charge in [0.05, 0.1) is 18.6 Å². The summed E-state index contributed by atoms with van der Waals surface area (Å²) in [5.41, 5.74) is 1.33. The van der Waals surface area contributed by atoms with Crippen LogP contribution in [0.1, 0.15) is 6.92 Å². The highest BCUT2D eigenvalue weighted by Crippen LogP contribution is 2.30. The minimum atomic E-state index is -3.37. The number of methoxy groups -OCH3 is 1. The number of sulfonamides is 1. The number of amides is 1. The Morgan fingerprint density at radius 3 is 2.50 bits per heavy atom. The Hall–Kier alpha value is -1.96. The minimum Gasteiger partial charge on any atom is -0.495 e. The lowest BCUT2D eigenvalue weighted by Gasteiger charge is -2.34. The molecule has 1 N–H and O–H groups in total. The number of nitrogens with zero attached hydrogens (tertiary/aromatic N) is 2. The molecule has 0 aliphatic carbocycles. The summed E-state index contributed by atoms with van der Waals surface area (Å²) in [5, 5.41) is 0. The average molecular weight is 327 g/mol. The maximum Gasteiger partial charge on any atom is 0.232 e. The summed E-state index contributed by atoms with van der Waals surface area (Å²) in [4.78, 5) is 14.6. The lowest BCUT2D eigenvalue weighted by Crippen LogP contribution is -2.45. The molecule has 1 heterocycles. The molecule has 1 saturated heterocycles. The number of carbonyl (C=O) groups excluding carboxylic acids is 1. The van der Waals surface area contributed by atoms with Gasteiger partial charge in [-0.3, -0.25) is 9.52 Å². The van der Waals surface area contributed by atoms with E-state index in [1.807, 2.05) is 6.07 Å². The number of anilines is 2. The zero-order chi connectivity index (χ0) is 16.2. The molecule has 7 nitrogen and oxygen atoms in total. The third-order valence-electron chi connectivity index (χ3n) is 3.66. The molecule has 0 unspecified atom stereocenters. The normalized spacial score (nSPS) is 15.5. The summed E-state index contributed by atoms with van der Waals surface area (Å²) in [5.74, 6) is 0.477. The van der Waals surface area contributed by atoms with Gasteiger partial charge in [-0.1, -0.05) is 0 Å². The second-order valence-electron chi connectivity index (χ2n) is 5.02.